The zero-order valence-electron chi connectivity index (χ0n) is 10.8. The number of hydrogen-bond acceptors (Lipinski definition) is 3. The predicted octanol–water partition coefficient (Wildman–Crippen LogP) is 0.000600. The van der Waals surface area contributed by atoms with Crippen molar-refractivity contribution in [3.63, 3.8) is 0 Å². The molecule has 1 saturated heterocycles. The first-order chi connectivity index (χ1) is 7.91. The van der Waals surface area contributed by atoms with Gasteiger partial charge in [0.2, 0.25) is 11.8 Å². The van der Waals surface area contributed by atoms with Crippen molar-refractivity contribution in [1.82, 2.24) is 10.6 Å². The monoisotopic (exact) mass is 241 g/mol. The second-order valence-corrected chi connectivity index (χ2v) is 5.27. The van der Waals surface area contributed by atoms with E-state index < -0.39 is 11.9 Å². The molecule has 0 bridgehead atoms. The number of amides is 2. The molecule has 4 N–H and O–H groups in total. The Kier molecular flexibility index (Phi) is 4.93. The molecule has 98 valence electrons. The van der Waals surface area contributed by atoms with Crippen LogP contribution in [0, 0.1) is 11.8 Å². The van der Waals surface area contributed by atoms with Gasteiger partial charge >= 0.3 is 0 Å². The van der Waals surface area contributed by atoms with Crippen molar-refractivity contribution in [2.24, 2.45) is 17.6 Å². The van der Waals surface area contributed by atoms with Crippen LogP contribution < -0.4 is 16.4 Å². The highest BCUT2D eigenvalue weighted by molar-refractivity contribution is 5.89. The van der Waals surface area contributed by atoms with Gasteiger partial charge in [-0.3, -0.25) is 9.59 Å². The number of rotatable bonds is 4. The maximum absolute atomic E-state index is 12.0. The first-order valence-electron chi connectivity index (χ1n) is 6.25. The Morgan fingerprint density at radius 1 is 1.41 bits per heavy atom. The van der Waals surface area contributed by atoms with Crippen molar-refractivity contribution in [1.29, 1.82) is 0 Å². The predicted molar refractivity (Wildman–Crippen MR) is 66.2 cm³/mol. The number of nitrogens with one attached hydrogen (secondary N) is 2. The van der Waals surface area contributed by atoms with E-state index in [-0.39, 0.29) is 17.9 Å². The molecule has 0 aromatic carbocycles. The van der Waals surface area contributed by atoms with Crippen LogP contribution in [0.1, 0.15) is 33.6 Å². The second kappa shape index (κ2) is 6.00. The van der Waals surface area contributed by atoms with Crippen molar-refractivity contribution in [3.05, 3.63) is 0 Å². The second-order valence-electron chi connectivity index (χ2n) is 5.27. The van der Waals surface area contributed by atoms with E-state index in [1.54, 1.807) is 0 Å². The van der Waals surface area contributed by atoms with Crippen LogP contribution in [0.4, 0.5) is 0 Å². The molecule has 0 saturated carbocycles. The van der Waals surface area contributed by atoms with E-state index >= 15 is 0 Å². The summed E-state index contributed by atoms with van der Waals surface area (Å²) in [5.74, 6) is -0.0400. The van der Waals surface area contributed by atoms with Gasteiger partial charge in [0.15, 0.2) is 0 Å². The third-order valence-electron chi connectivity index (χ3n) is 3.25. The molecule has 1 heterocycles. The van der Waals surface area contributed by atoms with Crippen molar-refractivity contribution < 1.29 is 9.59 Å². The van der Waals surface area contributed by atoms with E-state index in [4.69, 9.17) is 5.73 Å². The summed E-state index contributed by atoms with van der Waals surface area (Å²) in [5, 5.41) is 5.90. The summed E-state index contributed by atoms with van der Waals surface area (Å²) in [6.45, 7) is 6.72. The Hall–Kier alpha value is -1.10. The van der Waals surface area contributed by atoms with Gasteiger partial charge in [-0.25, -0.2) is 0 Å². The average molecular weight is 241 g/mol. The number of carbonyl (C=O) groups excluding carboxylic acids is 2. The molecule has 0 aromatic heterocycles. The zero-order valence-corrected chi connectivity index (χ0v) is 10.8. The minimum Gasteiger partial charge on any atom is -0.368 e. The van der Waals surface area contributed by atoms with Gasteiger partial charge in [-0.2, -0.15) is 0 Å². The Labute approximate surface area is 103 Å². The van der Waals surface area contributed by atoms with Gasteiger partial charge in [-0.15, -0.1) is 0 Å². The first kappa shape index (κ1) is 14.0. The standard InChI is InChI=1S/C12H23N3O2/c1-7(2)10(11(13)16)15-12(17)9-6-8(3)4-5-14-9/h7-10,14H,4-6H2,1-3H3,(H2,13,16)(H,15,17). The molecule has 1 aliphatic heterocycles. The van der Waals surface area contributed by atoms with Crippen LogP contribution in [0.2, 0.25) is 0 Å². The number of piperidine rings is 1. The van der Waals surface area contributed by atoms with Gasteiger partial charge < -0.3 is 16.4 Å². The summed E-state index contributed by atoms with van der Waals surface area (Å²) in [7, 11) is 0. The molecule has 5 heteroatoms. The maximum atomic E-state index is 12.0. The molecule has 17 heavy (non-hydrogen) atoms. The van der Waals surface area contributed by atoms with Crippen LogP contribution in [0.3, 0.4) is 0 Å². The number of hydrogen-bond donors (Lipinski definition) is 3. The normalized spacial score (nSPS) is 26.6. The fourth-order valence-corrected chi connectivity index (χ4v) is 2.13. The molecular weight excluding hydrogens is 218 g/mol. The summed E-state index contributed by atoms with van der Waals surface area (Å²) in [6.07, 6.45) is 1.91. The Morgan fingerprint density at radius 3 is 2.53 bits per heavy atom. The van der Waals surface area contributed by atoms with E-state index in [0.29, 0.717) is 5.92 Å². The van der Waals surface area contributed by atoms with Crippen LogP contribution >= 0.6 is 0 Å². The summed E-state index contributed by atoms with van der Waals surface area (Å²) >= 11 is 0. The molecule has 1 fully saturated rings. The Bertz CT molecular complexity index is 291. The maximum Gasteiger partial charge on any atom is 0.240 e. The molecule has 0 spiro atoms. The summed E-state index contributed by atoms with van der Waals surface area (Å²) in [5.41, 5.74) is 5.27. The third kappa shape index (κ3) is 4.00. The van der Waals surface area contributed by atoms with E-state index in [1.807, 2.05) is 13.8 Å². The van der Waals surface area contributed by atoms with E-state index in [1.165, 1.54) is 0 Å². The Morgan fingerprint density at radius 2 is 2.06 bits per heavy atom. The topological polar surface area (TPSA) is 84.2 Å². The number of primary amides is 1. The zero-order chi connectivity index (χ0) is 13.0. The molecule has 0 radical (unpaired) electrons. The van der Waals surface area contributed by atoms with Crippen molar-refractivity contribution >= 4 is 11.8 Å². The van der Waals surface area contributed by atoms with Crippen molar-refractivity contribution in [2.45, 2.75) is 45.7 Å². The highest BCUT2D eigenvalue weighted by Gasteiger charge is 2.28. The lowest BCUT2D eigenvalue weighted by molar-refractivity contribution is -0.130. The van der Waals surface area contributed by atoms with Gasteiger partial charge in [0.1, 0.15) is 6.04 Å². The molecule has 2 amide bonds. The van der Waals surface area contributed by atoms with Gasteiger partial charge in [0.05, 0.1) is 6.04 Å². The largest absolute Gasteiger partial charge is 0.368 e. The van der Waals surface area contributed by atoms with E-state index in [9.17, 15) is 9.59 Å². The van der Waals surface area contributed by atoms with Gasteiger partial charge in [0, 0.05) is 0 Å². The van der Waals surface area contributed by atoms with Gasteiger partial charge in [-0.05, 0) is 31.2 Å². The molecule has 5 nitrogen and oxygen atoms in total. The van der Waals surface area contributed by atoms with Crippen LogP contribution in [0.25, 0.3) is 0 Å². The molecular formula is C12H23N3O2. The molecule has 3 unspecified atom stereocenters. The Balaban J connectivity index is 2.54. The fraction of sp³-hybridized carbons (Fsp3) is 0.833. The molecule has 1 aliphatic rings. The van der Waals surface area contributed by atoms with Crippen molar-refractivity contribution in [3.8, 4) is 0 Å². The average Bonchev–Trinajstić information content (AvgIpc) is 2.24. The first-order valence-corrected chi connectivity index (χ1v) is 6.25. The molecule has 1 rings (SSSR count). The summed E-state index contributed by atoms with van der Waals surface area (Å²) in [6, 6.07) is -0.777. The quantitative estimate of drug-likeness (QED) is 0.648. The minimum atomic E-state index is -0.582. The SMILES string of the molecule is CC1CCNC(C(=O)NC(C(N)=O)C(C)C)C1. The smallest absolute Gasteiger partial charge is 0.240 e. The number of nitrogens with two attached hydrogens (primary N) is 1. The molecule has 0 aliphatic carbocycles. The lowest BCUT2D eigenvalue weighted by atomic mass is 9.93. The minimum absolute atomic E-state index is 0.0115. The lowest BCUT2D eigenvalue weighted by Crippen LogP contribution is -2.55. The highest BCUT2D eigenvalue weighted by atomic mass is 16.2. The highest BCUT2D eigenvalue weighted by Crippen LogP contribution is 2.15. The van der Waals surface area contributed by atoms with E-state index in [0.717, 1.165) is 19.4 Å². The molecule has 0 aromatic rings. The van der Waals surface area contributed by atoms with Crippen LogP contribution in [0.5, 0.6) is 0 Å². The third-order valence-corrected chi connectivity index (χ3v) is 3.25. The van der Waals surface area contributed by atoms with Crippen molar-refractivity contribution in [2.75, 3.05) is 6.54 Å². The fourth-order valence-electron chi connectivity index (χ4n) is 2.13. The lowest BCUT2D eigenvalue weighted by Gasteiger charge is -2.29. The molecule has 3 atom stereocenters. The van der Waals surface area contributed by atoms with Gasteiger partial charge in [0.25, 0.3) is 0 Å². The van der Waals surface area contributed by atoms with Crippen LogP contribution in [-0.4, -0.2) is 30.4 Å². The summed E-state index contributed by atoms with van der Waals surface area (Å²) < 4.78 is 0. The van der Waals surface area contributed by atoms with Crippen LogP contribution in [0.15, 0.2) is 0 Å². The van der Waals surface area contributed by atoms with Crippen LogP contribution in [-0.2, 0) is 9.59 Å². The number of carbonyl (C=O) groups is 2. The van der Waals surface area contributed by atoms with E-state index in [2.05, 4.69) is 17.6 Å². The summed E-state index contributed by atoms with van der Waals surface area (Å²) in [4.78, 5) is 23.2. The van der Waals surface area contributed by atoms with Gasteiger partial charge in [-0.1, -0.05) is 20.8 Å².